The summed E-state index contributed by atoms with van der Waals surface area (Å²) >= 11 is 4.89. The third kappa shape index (κ3) is 45.9. The highest BCUT2D eigenvalue weighted by atomic mass is 32.2. The Morgan fingerprint density at radius 1 is 0.405 bits per heavy atom. The van der Waals surface area contributed by atoms with E-state index in [-0.39, 0.29) is 107 Å². The number of hydrogen-bond donors (Lipinski definition) is 0. The van der Waals surface area contributed by atoms with E-state index in [0.29, 0.717) is 56.4 Å². The average molecular weight is 1110 g/mol. The van der Waals surface area contributed by atoms with Crippen LogP contribution in [-0.2, 0) is 57.2 Å². The number of esters is 6. The Bertz CT molecular complexity index is 1370. The van der Waals surface area contributed by atoms with Crippen molar-refractivity contribution < 1.29 is 58.6 Å². The first-order chi connectivity index (χ1) is 36.2. The van der Waals surface area contributed by atoms with Crippen molar-refractivity contribution in [2.75, 3.05) is 135 Å². The minimum Gasteiger partial charge on any atom is -0.462 e. The summed E-state index contributed by atoms with van der Waals surface area (Å²) in [7, 11) is 4.02. The number of unbranched alkanes of at least 4 members (excludes halogenated alkanes) is 14. The summed E-state index contributed by atoms with van der Waals surface area (Å²) in [6.07, 6.45) is 22.4. The van der Waals surface area contributed by atoms with Crippen molar-refractivity contribution >= 4 is 71.1 Å². The molecule has 0 heterocycles. The molecule has 0 radical (unpaired) electrons. The SMILES string of the molecule is [2H]CSCC(C)C(=O)OCCOC(=O)CCN(CCCN(C)C)CCCN(CCC(=O)OCCOC(=O)C(C)CSCCCCCCCCCC)CCC(=O)OCCOC(=O)C(C)CSCCCCCCCCCC. The molecule has 18 heteroatoms. The van der Waals surface area contributed by atoms with Crippen LogP contribution < -0.4 is 0 Å². The minimum atomic E-state index is -0.438. The van der Waals surface area contributed by atoms with Crippen molar-refractivity contribution in [1.29, 1.82) is 0 Å². The zero-order chi connectivity index (χ0) is 55.6. The van der Waals surface area contributed by atoms with Gasteiger partial charge in [0.1, 0.15) is 39.6 Å². The van der Waals surface area contributed by atoms with E-state index in [4.69, 9.17) is 29.8 Å². The Balaban J connectivity index is 5.10. The van der Waals surface area contributed by atoms with Crippen molar-refractivity contribution in [3.8, 4) is 0 Å². The number of thioether (sulfide) groups is 3. The van der Waals surface area contributed by atoms with Crippen LogP contribution in [0.2, 0.25) is 0 Å². The number of ether oxygens (including phenoxy) is 6. The molecule has 15 nitrogen and oxygen atoms in total. The molecule has 434 valence electrons. The van der Waals surface area contributed by atoms with Gasteiger partial charge in [0.25, 0.3) is 0 Å². The lowest BCUT2D eigenvalue weighted by Crippen LogP contribution is -2.35. The number of carbonyl (C=O) groups excluding carboxylic acids is 6. The lowest BCUT2D eigenvalue weighted by molar-refractivity contribution is -0.154. The molecule has 0 bridgehead atoms. The Labute approximate surface area is 464 Å². The molecule has 0 aliphatic carbocycles. The number of nitrogens with zero attached hydrogens (tertiary/aromatic N) is 3. The van der Waals surface area contributed by atoms with Gasteiger partial charge in [-0.1, -0.05) is 125 Å². The van der Waals surface area contributed by atoms with Crippen molar-refractivity contribution in [2.24, 2.45) is 17.8 Å². The van der Waals surface area contributed by atoms with Crippen LogP contribution in [0.5, 0.6) is 0 Å². The highest BCUT2D eigenvalue weighted by molar-refractivity contribution is 7.99. The van der Waals surface area contributed by atoms with Crippen LogP contribution in [0.15, 0.2) is 0 Å². The van der Waals surface area contributed by atoms with E-state index in [1.54, 1.807) is 30.4 Å². The van der Waals surface area contributed by atoms with E-state index in [0.717, 1.165) is 43.9 Å². The summed E-state index contributed by atoms with van der Waals surface area (Å²) in [5.41, 5.74) is 0. The van der Waals surface area contributed by atoms with Gasteiger partial charge in [-0.25, -0.2) is 0 Å². The fourth-order valence-corrected chi connectivity index (χ4v) is 10.3. The Morgan fingerprint density at radius 2 is 0.716 bits per heavy atom. The van der Waals surface area contributed by atoms with Gasteiger partial charge in [0.2, 0.25) is 0 Å². The third-order valence-electron chi connectivity index (χ3n) is 12.3. The van der Waals surface area contributed by atoms with Crippen molar-refractivity contribution in [1.82, 2.24) is 14.7 Å². The van der Waals surface area contributed by atoms with E-state index in [1.807, 2.05) is 32.8 Å². The molecule has 0 rings (SSSR count). The number of rotatable bonds is 53. The van der Waals surface area contributed by atoms with E-state index in [2.05, 4.69) is 23.6 Å². The van der Waals surface area contributed by atoms with Crippen LogP contribution in [0, 0.1) is 17.8 Å². The largest absolute Gasteiger partial charge is 0.462 e. The average Bonchev–Trinajstić information content (AvgIpc) is 3.39. The summed E-state index contributed by atoms with van der Waals surface area (Å²) in [5, 5.41) is 0. The highest BCUT2D eigenvalue weighted by Gasteiger charge is 2.19. The van der Waals surface area contributed by atoms with Crippen molar-refractivity contribution in [2.45, 2.75) is 169 Å². The molecule has 0 fully saturated rings. The molecule has 0 spiro atoms. The molecule has 0 aliphatic rings. The number of carbonyl (C=O) groups is 6. The van der Waals surface area contributed by atoms with Gasteiger partial charge >= 0.3 is 35.8 Å². The molecular weight excluding hydrogens is 1000 g/mol. The normalized spacial score (nSPS) is 12.9. The van der Waals surface area contributed by atoms with Gasteiger partial charge in [0, 0.05) is 38.3 Å². The maximum atomic E-state index is 12.9. The first-order valence-corrected chi connectivity index (χ1v) is 31.8. The maximum absolute atomic E-state index is 12.9. The second-order valence-corrected chi connectivity index (χ2v) is 22.8. The molecular formula is C56H105N3O12S3. The van der Waals surface area contributed by atoms with E-state index in [9.17, 15) is 28.8 Å². The van der Waals surface area contributed by atoms with E-state index in [1.165, 1.54) is 102 Å². The first kappa shape index (κ1) is 69.8. The standard InChI is InChI=1S/C56H105N3O12S3/c1-9-11-13-15-17-19-21-23-43-73-46-49(4)55(64)70-41-38-67-52(61)28-35-59(36-29-53(62)68-39-42-71-56(65)50(5)47-74-44-24-22-20-18-16-14-12-10-2)33-26-32-58(31-25-30-57(6)7)34-27-51(60)66-37-40-69-54(63)48(3)45-72-8/h48-50H,9-47H2,1-8H3/i8D. The van der Waals surface area contributed by atoms with Crippen LogP contribution in [0.1, 0.15) is 171 Å². The number of hydrogen-bond acceptors (Lipinski definition) is 18. The molecule has 0 saturated carbocycles. The Morgan fingerprint density at radius 3 is 1.07 bits per heavy atom. The first-order valence-electron chi connectivity index (χ1n) is 29.0. The zero-order valence-corrected chi connectivity index (χ0v) is 49.9. The molecule has 0 aromatic rings. The minimum absolute atomic E-state index is 0.0170. The smallest absolute Gasteiger partial charge is 0.309 e. The molecule has 74 heavy (non-hydrogen) atoms. The van der Waals surface area contributed by atoms with Crippen molar-refractivity contribution in [3.63, 3.8) is 0 Å². The molecule has 0 N–H and O–H groups in total. The molecule has 0 aromatic heterocycles. The highest BCUT2D eigenvalue weighted by Crippen LogP contribution is 2.17. The van der Waals surface area contributed by atoms with Crippen LogP contribution in [0.4, 0.5) is 0 Å². The topological polar surface area (TPSA) is 168 Å². The molecule has 3 unspecified atom stereocenters. The van der Waals surface area contributed by atoms with Crippen LogP contribution >= 0.6 is 35.3 Å². The summed E-state index contributed by atoms with van der Waals surface area (Å²) in [6, 6.07) is 0. The van der Waals surface area contributed by atoms with Gasteiger partial charge in [0.05, 0.1) is 37.0 Å². The fraction of sp³-hybridized carbons (Fsp3) is 0.893. The van der Waals surface area contributed by atoms with Gasteiger partial charge in [-0.05, 0) is 83.7 Å². The van der Waals surface area contributed by atoms with Gasteiger partial charge in [-0.15, -0.1) is 0 Å². The van der Waals surface area contributed by atoms with Gasteiger partial charge in [-0.2, -0.15) is 35.3 Å². The Hall–Kier alpha value is -2.25. The summed E-state index contributed by atoms with van der Waals surface area (Å²) < 4.78 is 39.5. The second kappa shape index (κ2) is 51.5. The Kier molecular flexibility index (Phi) is 48.6. The zero-order valence-electron chi connectivity index (χ0n) is 48.5. The lowest BCUT2D eigenvalue weighted by Gasteiger charge is -2.26. The third-order valence-corrected chi connectivity index (χ3v) is 15.7. The van der Waals surface area contributed by atoms with Gasteiger partial charge in [-0.3, -0.25) is 28.8 Å². The van der Waals surface area contributed by atoms with Crippen molar-refractivity contribution in [3.05, 3.63) is 0 Å². The molecule has 0 aromatic carbocycles. The molecule has 0 aliphatic heterocycles. The predicted molar refractivity (Wildman–Crippen MR) is 306 cm³/mol. The van der Waals surface area contributed by atoms with Gasteiger partial charge in [0.15, 0.2) is 0 Å². The quantitative estimate of drug-likeness (QED) is 0.0320. The molecule has 0 saturated heterocycles. The van der Waals surface area contributed by atoms with Gasteiger partial charge < -0.3 is 43.1 Å². The molecule has 3 atom stereocenters. The fourth-order valence-electron chi connectivity index (χ4n) is 7.66. The van der Waals surface area contributed by atoms with Crippen LogP contribution in [0.25, 0.3) is 0 Å². The van der Waals surface area contributed by atoms with E-state index >= 15 is 0 Å². The summed E-state index contributed by atoms with van der Waals surface area (Å²) in [4.78, 5) is 82.1. The van der Waals surface area contributed by atoms with E-state index < -0.39 is 11.9 Å². The second-order valence-electron chi connectivity index (χ2n) is 19.8. The van der Waals surface area contributed by atoms with Crippen LogP contribution in [-0.4, -0.2) is 185 Å². The maximum Gasteiger partial charge on any atom is 0.309 e. The van der Waals surface area contributed by atoms with Crippen LogP contribution in [0.3, 0.4) is 0 Å². The lowest BCUT2D eigenvalue weighted by atomic mass is 10.1. The summed E-state index contributed by atoms with van der Waals surface area (Å²) in [6.45, 7) is 13.7. The molecule has 0 amide bonds. The monoisotopic (exact) mass is 1110 g/mol. The summed E-state index contributed by atoms with van der Waals surface area (Å²) in [5.74, 6) is 0.861. The predicted octanol–water partition coefficient (Wildman–Crippen LogP) is 10.4.